The largest absolute Gasteiger partial charge is 0.375 e. The van der Waals surface area contributed by atoms with Gasteiger partial charge in [-0.05, 0) is 25.5 Å². The number of nitriles is 1. The molecule has 6 nitrogen and oxygen atoms in total. The second-order valence-electron chi connectivity index (χ2n) is 4.74. The minimum Gasteiger partial charge on any atom is -0.375 e. The molecule has 2 unspecified atom stereocenters. The Morgan fingerprint density at radius 3 is 3.00 bits per heavy atom. The zero-order valence-corrected chi connectivity index (χ0v) is 12.3. The van der Waals surface area contributed by atoms with E-state index in [2.05, 4.69) is 4.98 Å². The van der Waals surface area contributed by atoms with Crippen molar-refractivity contribution in [2.45, 2.75) is 37.3 Å². The van der Waals surface area contributed by atoms with Gasteiger partial charge in [0.05, 0.1) is 12.7 Å². The van der Waals surface area contributed by atoms with Crippen molar-refractivity contribution in [3.05, 3.63) is 24.0 Å². The number of rotatable bonds is 3. The molecular formula is C13H17N3O3S. The molecule has 0 aromatic carbocycles. The summed E-state index contributed by atoms with van der Waals surface area (Å²) in [6, 6.07) is 4.58. The second-order valence-corrected chi connectivity index (χ2v) is 6.60. The third kappa shape index (κ3) is 2.68. The van der Waals surface area contributed by atoms with Crippen LogP contribution in [-0.2, 0) is 14.8 Å². The molecule has 20 heavy (non-hydrogen) atoms. The minimum absolute atomic E-state index is 0.0324. The summed E-state index contributed by atoms with van der Waals surface area (Å²) >= 11 is 0. The SMILES string of the molecule is CCC1COC(C)CN1S(=O)(=O)c1cccnc1C#N. The van der Waals surface area contributed by atoms with Gasteiger partial charge in [0.2, 0.25) is 10.0 Å². The van der Waals surface area contributed by atoms with Crippen molar-refractivity contribution >= 4 is 10.0 Å². The summed E-state index contributed by atoms with van der Waals surface area (Å²) in [5, 5.41) is 9.04. The number of hydrogen-bond donors (Lipinski definition) is 0. The molecule has 0 radical (unpaired) electrons. The van der Waals surface area contributed by atoms with Crippen LogP contribution in [0.25, 0.3) is 0 Å². The van der Waals surface area contributed by atoms with E-state index in [0.29, 0.717) is 19.6 Å². The highest BCUT2D eigenvalue weighted by atomic mass is 32.2. The van der Waals surface area contributed by atoms with Gasteiger partial charge in [-0.2, -0.15) is 9.57 Å². The van der Waals surface area contributed by atoms with Gasteiger partial charge in [0.25, 0.3) is 0 Å². The first-order chi connectivity index (χ1) is 9.50. The molecule has 2 rings (SSSR count). The molecule has 7 heteroatoms. The standard InChI is InChI=1S/C13H17N3O3S/c1-3-11-9-19-10(2)8-16(11)20(17,18)13-5-4-6-15-12(13)7-14/h4-6,10-11H,3,8-9H2,1-2H3. The molecule has 2 heterocycles. The zero-order valence-electron chi connectivity index (χ0n) is 11.5. The number of ether oxygens (including phenoxy) is 1. The summed E-state index contributed by atoms with van der Waals surface area (Å²) in [4.78, 5) is 3.80. The lowest BCUT2D eigenvalue weighted by molar-refractivity contribution is -0.0230. The third-order valence-electron chi connectivity index (χ3n) is 3.35. The third-order valence-corrected chi connectivity index (χ3v) is 5.30. The van der Waals surface area contributed by atoms with Crippen LogP contribution in [0.3, 0.4) is 0 Å². The van der Waals surface area contributed by atoms with Gasteiger partial charge in [-0.1, -0.05) is 6.92 Å². The van der Waals surface area contributed by atoms with E-state index in [1.54, 1.807) is 0 Å². The zero-order chi connectivity index (χ0) is 14.8. The van der Waals surface area contributed by atoms with E-state index < -0.39 is 10.0 Å². The van der Waals surface area contributed by atoms with Gasteiger partial charge in [-0.15, -0.1) is 0 Å². The number of morpholine rings is 1. The number of aromatic nitrogens is 1. The maximum absolute atomic E-state index is 12.8. The normalized spacial score (nSPS) is 24.2. The molecule has 2 atom stereocenters. The van der Waals surface area contributed by atoms with Gasteiger partial charge < -0.3 is 4.74 Å². The predicted molar refractivity (Wildman–Crippen MR) is 72.3 cm³/mol. The van der Waals surface area contributed by atoms with Gasteiger partial charge >= 0.3 is 0 Å². The summed E-state index contributed by atoms with van der Waals surface area (Å²) in [5.41, 5.74) is -0.0681. The Hall–Kier alpha value is -1.49. The van der Waals surface area contributed by atoms with Gasteiger partial charge in [-0.3, -0.25) is 0 Å². The molecule has 108 valence electrons. The van der Waals surface area contributed by atoms with Gasteiger partial charge in [-0.25, -0.2) is 13.4 Å². The van der Waals surface area contributed by atoms with Crippen molar-refractivity contribution in [2.75, 3.05) is 13.2 Å². The van der Waals surface area contributed by atoms with Crippen LogP contribution in [-0.4, -0.2) is 43.0 Å². The van der Waals surface area contributed by atoms with Gasteiger partial charge in [0.1, 0.15) is 11.0 Å². The fourth-order valence-electron chi connectivity index (χ4n) is 2.24. The van der Waals surface area contributed by atoms with E-state index in [1.165, 1.54) is 22.6 Å². The molecule has 0 bridgehead atoms. The molecule has 1 aromatic heterocycles. The van der Waals surface area contributed by atoms with Crippen LogP contribution in [0.2, 0.25) is 0 Å². The van der Waals surface area contributed by atoms with Crippen molar-refractivity contribution in [3.63, 3.8) is 0 Å². The first kappa shape index (κ1) is 14.9. The summed E-state index contributed by atoms with van der Waals surface area (Å²) < 4.78 is 32.5. The lowest BCUT2D eigenvalue weighted by atomic mass is 10.2. The molecule has 0 saturated carbocycles. The first-order valence-corrected chi connectivity index (χ1v) is 7.93. The van der Waals surface area contributed by atoms with E-state index in [1.807, 2.05) is 19.9 Å². The maximum atomic E-state index is 12.8. The molecule has 1 fully saturated rings. The summed E-state index contributed by atoms with van der Waals surface area (Å²) in [7, 11) is -3.73. The Labute approximate surface area is 119 Å². The first-order valence-electron chi connectivity index (χ1n) is 6.49. The molecule has 1 saturated heterocycles. The Balaban J connectivity index is 2.45. The summed E-state index contributed by atoms with van der Waals surface area (Å²) in [6.07, 6.45) is 1.92. The van der Waals surface area contributed by atoms with Crippen molar-refractivity contribution in [2.24, 2.45) is 0 Å². The smallest absolute Gasteiger partial charge is 0.246 e. The molecule has 0 amide bonds. The van der Waals surface area contributed by atoms with E-state index in [-0.39, 0.29) is 22.7 Å². The van der Waals surface area contributed by atoms with Crippen LogP contribution in [0, 0.1) is 11.3 Å². The number of pyridine rings is 1. The van der Waals surface area contributed by atoms with Crippen LogP contribution in [0.5, 0.6) is 0 Å². The predicted octanol–water partition coefficient (Wildman–Crippen LogP) is 1.14. The minimum atomic E-state index is -3.73. The van der Waals surface area contributed by atoms with Gasteiger partial charge in [0.15, 0.2) is 5.69 Å². The summed E-state index contributed by atoms with van der Waals surface area (Å²) in [6.45, 7) is 4.42. The highest BCUT2D eigenvalue weighted by molar-refractivity contribution is 7.89. The lowest BCUT2D eigenvalue weighted by Crippen LogP contribution is -2.51. The van der Waals surface area contributed by atoms with Crippen molar-refractivity contribution in [1.29, 1.82) is 5.26 Å². The van der Waals surface area contributed by atoms with Crippen LogP contribution in [0.4, 0.5) is 0 Å². The number of hydrogen-bond acceptors (Lipinski definition) is 5. The van der Waals surface area contributed by atoms with E-state index in [0.717, 1.165) is 0 Å². The van der Waals surface area contributed by atoms with Crippen molar-refractivity contribution in [1.82, 2.24) is 9.29 Å². The molecule has 1 aliphatic heterocycles. The monoisotopic (exact) mass is 295 g/mol. The Morgan fingerprint density at radius 2 is 2.35 bits per heavy atom. The maximum Gasteiger partial charge on any atom is 0.246 e. The van der Waals surface area contributed by atoms with Crippen LogP contribution >= 0.6 is 0 Å². The molecule has 0 N–H and O–H groups in total. The lowest BCUT2D eigenvalue weighted by Gasteiger charge is -2.37. The molecule has 0 aliphatic carbocycles. The fraction of sp³-hybridized carbons (Fsp3) is 0.538. The average molecular weight is 295 g/mol. The van der Waals surface area contributed by atoms with E-state index >= 15 is 0 Å². The molecular weight excluding hydrogens is 278 g/mol. The van der Waals surface area contributed by atoms with Crippen LogP contribution in [0.1, 0.15) is 26.0 Å². The molecule has 0 spiro atoms. The highest BCUT2D eigenvalue weighted by Crippen LogP contribution is 2.25. The quantitative estimate of drug-likeness (QED) is 0.835. The molecule has 1 aromatic rings. The van der Waals surface area contributed by atoms with Crippen LogP contribution < -0.4 is 0 Å². The second kappa shape index (κ2) is 5.87. The average Bonchev–Trinajstić information content (AvgIpc) is 2.47. The molecule has 1 aliphatic rings. The van der Waals surface area contributed by atoms with E-state index in [4.69, 9.17) is 10.00 Å². The Bertz CT molecular complexity index is 624. The van der Waals surface area contributed by atoms with Crippen LogP contribution in [0.15, 0.2) is 23.2 Å². The Kier molecular flexibility index (Phi) is 4.38. The summed E-state index contributed by atoms with van der Waals surface area (Å²) in [5.74, 6) is 0. The fourth-order valence-corrected chi connectivity index (χ4v) is 4.09. The van der Waals surface area contributed by atoms with Crippen molar-refractivity contribution in [3.8, 4) is 6.07 Å². The topological polar surface area (TPSA) is 83.3 Å². The highest BCUT2D eigenvalue weighted by Gasteiger charge is 2.36. The number of sulfonamides is 1. The van der Waals surface area contributed by atoms with E-state index in [9.17, 15) is 8.42 Å². The number of nitrogens with zero attached hydrogens (tertiary/aromatic N) is 3. The van der Waals surface area contributed by atoms with Crippen molar-refractivity contribution < 1.29 is 13.2 Å². The van der Waals surface area contributed by atoms with Gasteiger partial charge in [0, 0.05) is 18.8 Å². The Morgan fingerprint density at radius 1 is 1.60 bits per heavy atom.